The van der Waals surface area contributed by atoms with Gasteiger partial charge in [0.15, 0.2) is 11.5 Å². The molecule has 11 heteroatoms. The molecule has 2 aromatic carbocycles. The lowest BCUT2D eigenvalue weighted by Gasteiger charge is -2.13. The van der Waals surface area contributed by atoms with Crippen LogP contribution in [0.2, 0.25) is 5.02 Å². The highest BCUT2D eigenvalue weighted by Crippen LogP contribution is 2.37. The smallest absolute Gasteiger partial charge is 0.294 e. The molecule has 3 rings (SSSR count). The van der Waals surface area contributed by atoms with Crippen molar-refractivity contribution in [3.05, 3.63) is 49.4 Å². The Morgan fingerprint density at radius 3 is 2.47 bits per heavy atom. The van der Waals surface area contributed by atoms with Crippen LogP contribution < -0.4 is 19.5 Å². The van der Waals surface area contributed by atoms with Gasteiger partial charge in [0.1, 0.15) is 12.3 Å². The molecule has 32 heavy (non-hydrogen) atoms. The van der Waals surface area contributed by atoms with Crippen molar-refractivity contribution in [1.29, 1.82) is 0 Å². The fourth-order valence-electron chi connectivity index (χ4n) is 2.90. The van der Waals surface area contributed by atoms with Gasteiger partial charge in [-0.3, -0.25) is 19.3 Å². The van der Waals surface area contributed by atoms with Crippen molar-refractivity contribution in [1.82, 2.24) is 4.90 Å². The van der Waals surface area contributed by atoms with Crippen molar-refractivity contribution in [2.45, 2.75) is 0 Å². The topological polar surface area (TPSA) is 94.2 Å². The number of ether oxygens (including phenoxy) is 3. The molecule has 1 fully saturated rings. The van der Waals surface area contributed by atoms with Gasteiger partial charge in [0.25, 0.3) is 11.1 Å². The van der Waals surface area contributed by atoms with Gasteiger partial charge in [0.2, 0.25) is 5.91 Å². The molecular weight excluding hydrogens is 571 g/mol. The highest BCUT2D eigenvalue weighted by Gasteiger charge is 2.36. The monoisotopic (exact) mass is 588 g/mol. The van der Waals surface area contributed by atoms with Crippen LogP contribution in [0.15, 0.2) is 35.2 Å². The third-order valence-corrected chi connectivity index (χ3v) is 6.37. The number of halogens is 2. The van der Waals surface area contributed by atoms with Crippen LogP contribution in [0.5, 0.6) is 17.2 Å². The molecule has 168 valence electrons. The van der Waals surface area contributed by atoms with Gasteiger partial charge in [-0.15, -0.1) is 0 Å². The summed E-state index contributed by atoms with van der Waals surface area (Å²) in [7, 11) is 4.53. The van der Waals surface area contributed by atoms with Gasteiger partial charge in [-0.1, -0.05) is 11.6 Å². The Bertz CT molecular complexity index is 1120. The summed E-state index contributed by atoms with van der Waals surface area (Å²) in [5, 5.41) is 2.41. The van der Waals surface area contributed by atoms with Crippen molar-refractivity contribution in [3.8, 4) is 17.2 Å². The van der Waals surface area contributed by atoms with E-state index in [0.29, 0.717) is 33.5 Å². The minimum atomic E-state index is -0.548. The fraction of sp³-hybridized carbons (Fsp3) is 0.190. The van der Waals surface area contributed by atoms with Crippen molar-refractivity contribution in [2.24, 2.45) is 0 Å². The van der Waals surface area contributed by atoms with E-state index in [2.05, 4.69) is 27.9 Å². The van der Waals surface area contributed by atoms with E-state index in [4.69, 9.17) is 25.8 Å². The second kappa shape index (κ2) is 10.5. The molecule has 0 bridgehead atoms. The van der Waals surface area contributed by atoms with E-state index in [-0.39, 0.29) is 4.91 Å². The van der Waals surface area contributed by atoms with E-state index >= 15 is 0 Å². The van der Waals surface area contributed by atoms with Gasteiger partial charge < -0.3 is 19.5 Å². The number of carbonyl (C=O) groups excluding carboxylic acids is 3. The van der Waals surface area contributed by atoms with Crippen molar-refractivity contribution in [2.75, 3.05) is 33.2 Å². The van der Waals surface area contributed by atoms with E-state index in [9.17, 15) is 14.4 Å². The number of imide groups is 1. The Labute approximate surface area is 207 Å². The number of amides is 3. The molecule has 0 atom stereocenters. The first-order valence-electron chi connectivity index (χ1n) is 9.07. The summed E-state index contributed by atoms with van der Waals surface area (Å²) in [5.41, 5.74) is 1.08. The summed E-state index contributed by atoms with van der Waals surface area (Å²) < 4.78 is 16.5. The molecule has 8 nitrogen and oxygen atoms in total. The molecule has 0 saturated carbocycles. The molecule has 0 aromatic heterocycles. The Hall–Kier alpha value is -2.44. The maximum Gasteiger partial charge on any atom is 0.294 e. The predicted octanol–water partition coefficient (Wildman–Crippen LogP) is 4.65. The zero-order chi connectivity index (χ0) is 23.4. The molecule has 3 amide bonds. The van der Waals surface area contributed by atoms with Gasteiger partial charge in [-0.2, -0.15) is 0 Å². The van der Waals surface area contributed by atoms with E-state index in [1.807, 2.05) is 0 Å². The van der Waals surface area contributed by atoms with Crippen LogP contribution in [0, 0.1) is 3.57 Å². The van der Waals surface area contributed by atoms with Crippen molar-refractivity contribution >= 4 is 74.8 Å². The molecule has 1 saturated heterocycles. The first-order chi connectivity index (χ1) is 15.3. The highest BCUT2D eigenvalue weighted by molar-refractivity contribution is 14.1. The standard InChI is InChI=1S/C21H18ClIN2O6S/c1-29-15-5-4-12(9-13(15)22)24-18(26)10-25-20(27)17(32-21(25)28)8-11-6-14(23)19(31-3)16(7-11)30-2/h4-9H,10H2,1-3H3,(H,24,26)/b17-8+. The summed E-state index contributed by atoms with van der Waals surface area (Å²) in [6.45, 7) is -0.422. The highest BCUT2D eigenvalue weighted by atomic mass is 127. The van der Waals surface area contributed by atoms with Gasteiger partial charge in [-0.05, 0) is 76.3 Å². The maximum absolute atomic E-state index is 12.7. The van der Waals surface area contributed by atoms with Crippen LogP contribution in [0.3, 0.4) is 0 Å². The fourth-order valence-corrected chi connectivity index (χ4v) is 4.84. The van der Waals surface area contributed by atoms with Crippen molar-refractivity contribution in [3.63, 3.8) is 0 Å². The van der Waals surface area contributed by atoms with Crippen LogP contribution in [0.25, 0.3) is 6.08 Å². The molecular formula is C21H18ClIN2O6S. The van der Waals surface area contributed by atoms with E-state index < -0.39 is 23.6 Å². The summed E-state index contributed by atoms with van der Waals surface area (Å²) in [4.78, 5) is 38.6. The molecule has 0 unspecified atom stereocenters. The lowest BCUT2D eigenvalue weighted by atomic mass is 10.2. The second-order valence-corrected chi connectivity index (χ2v) is 8.97. The molecule has 1 aliphatic heterocycles. The lowest BCUT2D eigenvalue weighted by Crippen LogP contribution is -2.36. The Balaban J connectivity index is 1.74. The molecule has 2 aromatic rings. The number of benzene rings is 2. The van der Waals surface area contributed by atoms with E-state index in [0.717, 1.165) is 20.2 Å². The van der Waals surface area contributed by atoms with E-state index in [1.165, 1.54) is 27.4 Å². The average Bonchev–Trinajstić information content (AvgIpc) is 3.00. The first kappa shape index (κ1) is 24.2. The quantitative estimate of drug-likeness (QED) is 0.372. The van der Waals surface area contributed by atoms with Crippen LogP contribution in [-0.2, 0) is 9.59 Å². The predicted molar refractivity (Wildman–Crippen MR) is 132 cm³/mol. The van der Waals surface area contributed by atoms with Gasteiger partial charge in [0.05, 0.1) is 34.8 Å². The third kappa shape index (κ3) is 5.30. The van der Waals surface area contributed by atoms with Gasteiger partial charge in [0, 0.05) is 5.69 Å². The van der Waals surface area contributed by atoms with Gasteiger partial charge >= 0.3 is 0 Å². The molecule has 0 spiro atoms. The number of thioether (sulfide) groups is 1. The molecule has 1 N–H and O–H groups in total. The molecule has 0 aliphatic carbocycles. The summed E-state index contributed by atoms with van der Waals surface area (Å²) >= 11 is 8.92. The number of anilines is 1. The molecule has 1 heterocycles. The van der Waals surface area contributed by atoms with Crippen LogP contribution in [0.1, 0.15) is 5.56 Å². The second-order valence-electron chi connectivity index (χ2n) is 6.40. The summed E-state index contributed by atoms with van der Waals surface area (Å²) in [6.07, 6.45) is 1.58. The minimum absolute atomic E-state index is 0.207. The Morgan fingerprint density at radius 1 is 1.12 bits per heavy atom. The zero-order valence-corrected chi connectivity index (χ0v) is 21.0. The lowest BCUT2D eigenvalue weighted by molar-refractivity contribution is -0.127. The first-order valence-corrected chi connectivity index (χ1v) is 11.3. The number of carbonyl (C=O) groups is 3. The van der Waals surface area contributed by atoms with Crippen LogP contribution in [0.4, 0.5) is 10.5 Å². The number of nitrogens with one attached hydrogen (secondary N) is 1. The third-order valence-electron chi connectivity index (χ3n) is 4.36. The average molecular weight is 589 g/mol. The normalized spacial score (nSPS) is 14.7. The van der Waals surface area contributed by atoms with Gasteiger partial charge in [-0.25, -0.2) is 0 Å². The number of hydrogen-bond acceptors (Lipinski definition) is 7. The summed E-state index contributed by atoms with van der Waals surface area (Å²) in [5.74, 6) is 0.463. The molecule has 0 radical (unpaired) electrons. The Morgan fingerprint density at radius 2 is 1.84 bits per heavy atom. The van der Waals surface area contributed by atoms with Crippen LogP contribution in [-0.4, -0.2) is 49.8 Å². The number of hydrogen-bond donors (Lipinski definition) is 1. The van der Waals surface area contributed by atoms with Crippen molar-refractivity contribution < 1.29 is 28.6 Å². The van der Waals surface area contributed by atoms with E-state index in [1.54, 1.807) is 30.3 Å². The summed E-state index contributed by atoms with van der Waals surface area (Å²) in [6, 6.07) is 8.23. The largest absolute Gasteiger partial charge is 0.495 e. The Kier molecular flexibility index (Phi) is 7.91. The SMILES string of the molecule is COc1ccc(NC(=O)CN2C(=O)S/C(=C/c3cc(I)c(OC)c(OC)c3)C2=O)cc1Cl. The molecule has 1 aliphatic rings. The number of nitrogens with zero attached hydrogens (tertiary/aromatic N) is 1. The number of rotatable bonds is 7. The zero-order valence-electron chi connectivity index (χ0n) is 17.2. The number of methoxy groups -OCH3 is 3. The van der Waals surface area contributed by atoms with Crippen LogP contribution >= 0.6 is 46.0 Å². The maximum atomic E-state index is 12.7. The minimum Gasteiger partial charge on any atom is -0.495 e.